The Bertz CT molecular complexity index is 292. The summed E-state index contributed by atoms with van der Waals surface area (Å²) in [4.78, 5) is 14.2. The average molecular weight is 190 g/mol. The van der Waals surface area contributed by atoms with Gasteiger partial charge < -0.3 is 0 Å². The second kappa shape index (κ2) is 7.01. The lowest BCUT2D eigenvalue weighted by Gasteiger charge is -2.04. The highest BCUT2D eigenvalue weighted by Crippen LogP contribution is 2.13. The highest BCUT2D eigenvalue weighted by Gasteiger charge is 2.14. The van der Waals surface area contributed by atoms with Gasteiger partial charge in [-0.2, -0.15) is 4.91 Å². The second-order valence-corrected chi connectivity index (χ2v) is 2.82. The fourth-order valence-electron chi connectivity index (χ4n) is 1.09. The maximum Gasteiger partial charge on any atom is 0.366 e. The Hall–Kier alpha value is -1.45. The summed E-state index contributed by atoms with van der Waals surface area (Å²) in [5.74, 6) is 0. The summed E-state index contributed by atoms with van der Waals surface area (Å²) in [5, 5.41) is 2.96. The predicted octanol–water partition coefficient (Wildman–Crippen LogP) is 2.67. The summed E-state index contributed by atoms with van der Waals surface area (Å²) >= 11 is 0. The number of allylic oxidation sites excluding steroid dienone is 5. The molecule has 0 bridgehead atoms. The standard InChI is InChI=1S/C10H15BN2O/c1-5-10(11(3)13-14)9(2)7-6-8-12-4/h5-8H,2H2,1,3-4H3/b7-6-,10-5+,12-8-. The van der Waals surface area contributed by atoms with Crippen LogP contribution in [0, 0.1) is 4.91 Å². The Balaban J connectivity index is 4.57. The van der Waals surface area contributed by atoms with Crippen LogP contribution >= 0.6 is 0 Å². The third-order valence-electron chi connectivity index (χ3n) is 1.82. The van der Waals surface area contributed by atoms with Crippen LogP contribution in [0.15, 0.2) is 45.9 Å². The zero-order valence-corrected chi connectivity index (χ0v) is 8.90. The van der Waals surface area contributed by atoms with E-state index in [1.165, 1.54) is 0 Å². The molecule has 0 rings (SSSR count). The van der Waals surface area contributed by atoms with Gasteiger partial charge in [0, 0.05) is 13.3 Å². The van der Waals surface area contributed by atoms with Crippen molar-refractivity contribution in [1.29, 1.82) is 0 Å². The minimum Gasteiger partial charge on any atom is -0.297 e. The van der Waals surface area contributed by atoms with Crippen molar-refractivity contribution < 1.29 is 0 Å². The molecule has 0 radical (unpaired) electrons. The monoisotopic (exact) mass is 190 g/mol. The van der Waals surface area contributed by atoms with Gasteiger partial charge in [0.25, 0.3) is 0 Å². The lowest BCUT2D eigenvalue weighted by molar-refractivity contribution is 1.47. The highest BCUT2D eigenvalue weighted by atomic mass is 16.2. The van der Waals surface area contributed by atoms with Gasteiger partial charge in [0.15, 0.2) is 0 Å². The fourth-order valence-corrected chi connectivity index (χ4v) is 1.09. The van der Waals surface area contributed by atoms with E-state index in [2.05, 4.69) is 16.7 Å². The Morgan fingerprint density at radius 1 is 1.50 bits per heavy atom. The summed E-state index contributed by atoms with van der Waals surface area (Å²) < 4.78 is 0. The largest absolute Gasteiger partial charge is 0.366 e. The second-order valence-electron chi connectivity index (χ2n) is 2.82. The van der Waals surface area contributed by atoms with Gasteiger partial charge in [-0.15, -0.1) is 5.09 Å². The molecule has 0 atom stereocenters. The van der Waals surface area contributed by atoms with Gasteiger partial charge >= 0.3 is 6.85 Å². The minimum atomic E-state index is -0.351. The SMILES string of the molecule is C=C(/C=C\C=N/C)/C(=C\C)B(C)N=O. The fraction of sp³-hybridized carbons (Fsp3) is 0.300. The van der Waals surface area contributed by atoms with Crippen LogP contribution < -0.4 is 0 Å². The van der Waals surface area contributed by atoms with Crippen molar-refractivity contribution in [3.63, 3.8) is 0 Å². The number of nitroso groups, excluding NO2 is 1. The molecule has 0 fully saturated rings. The van der Waals surface area contributed by atoms with E-state index in [4.69, 9.17) is 0 Å². The summed E-state index contributed by atoms with van der Waals surface area (Å²) in [7, 11) is 1.69. The highest BCUT2D eigenvalue weighted by molar-refractivity contribution is 6.64. The van der Waals surface area contributed by atoms with Gasteiger partial charge in [-0.05, 0) is 24.0 Å². The van der Waals surface area contributed by atoms with E-state index in [0.29, 0.717) is 0 Å². The van der Waals surface area contributed by atoms with E-state index in [1.54, 1.807) is 26.2 Å². The lowest BCUT2D eigenvalue weighted by atomic mass is 9.57. The number of rotatable bonds is 5. The normalized spacial score (nSPS) is 12.4. The average Bonchev–Trinajstić information content (AvgIpc) is 2.19. The van der Waals surface area contributed by atoms with E-state index < -0.39 is 0 Å². The van der Waals surface area contributed by atoms with E-state index in [-0.39, 0.29) is 6.85 Å². The van der Waals surface area contributed by atoms with Gasteiger partial charge in [0.1, 0.15) is 0 Å². The molecule has 0 saturated heterocycles. The molecule has 0 unspecified atom stereocenters. The van der Waals surface area contributed by atoms with E-state index >= 15 is 0 Å². The van der Waals surface area contributed by atoms with Gasteiger partial charge in [-0.1, -0.05) is 25.6 Å². The van der Waals surface area contributed by atoms with Crippen molar-refractivity contribution in [3.8, 4) is 0 Å². The first-order chi connectivity index (χ1) is 6.67. The zero-order valence-electron chi connectivity index (χ0n) is 8.90. The summed E-state index contributed by atoms with van der Waals surface area (Å²) in [6, 6.07) is 0. The van der Waals surface area contributed by atoms with Crippen molar-refractivity contribution in [2.75, 3.05) is 7.05 Å². The molecule has 0 aromatic rings. The van der Waals surface area contributed by atoms with Gasteiger partial charge in [0.2, 0.25) is 0 Å². The number of hydrogen-bond acceptors (Lipinski definition) is 3. The van der Waals surface area contributed by atoms with E-state index in [9.17, 15) is 4.91 Å². The Morgan fingerprint density at radius 3 is 2.57 bits per heavy atom. The van der Waals surface area contributed by atoms with Gasteiger partial charge in [-0.3, -0.25) is 4.99 Å². The van der Waals surface area contributed by atoms with Gasteiger partial charge in [0.05, 0.1) is 0 Å². The minimum absolute atomic E-state index is 0.351. The molecule has 4 heteroatoms. The maximum atomic E-state index is 10.4. The van der Waals surface area contributed by atoms with Crippen LogP contribution in [0.25, 0.3) is 0 Å². The molecule has 0 aliphatic heterocycles. The molecule has 0 N–H and O–H groups in total. The molecule has 0 aliphatic rings. The molecule has 0 aromatic heterocycles. The molecular formula is C10H15BN2O. The summed E-state index contributed by atoms with van der Waals surface area (Å²) in [5.41, 5.74) is 1.64. The van der Waals surface area contributed by atoms with Crippen molar-refractivity contribution in [2.45, 2.75) is 13.7 Å². The van der Waals surface area contributed by atoms with Crippen molar-refractivity contribution in [1.82, 2.24) is 0 Å². The van der Waals surface area contributed by atoms with Crippen molar-refractivity contribution in [3.05, 3.63) is 40.8 Å². The third kappa shape index (κ3) is 3.98. The molecular weight excluding hydrogens is 175 g/mol. The van der Waals surface area contributed by atoms with Crippen LogP contribution in [0.1, 0.15) is 6.92 Å². The molecule has 0 spiro atoms. The smallest absolute Gasteiger partial charge is 0.297 e. The van der Waals surface area contributed by atoms with Crippen LogP contribution in [0.2, 0.25) is 6.82 Å². The number of hydrogen-bond donors (Lipinski definition) is 0. The summed E-state index contributed by atoms with van der Waals surface area (Å²) in [6.45, 7) is 7.11. The zero-order chi connectivity index (χ0) is 11.0. The molecule has 0 heterocycles. The quantitative estimate of drug-likeness (QED) is 0.284. The molecule has 0 saturated carbocycles. The van der Waals surface area contributed by atoms with Crippen LogP contribution in [-0.2, 0) is 0 Å². The first-order valence-corrected chi connectivity index (χ1v) is 4.44. The summed E-state index contributed by atoms with van der Waals surface area (Å²) in [6.07, 6.45) is 7.10. The molecule has 0 amide bonds. The van der Waals surface area contributed by atoms with Crippen LogP contribution in [0.5, 0.6) is 0 Å². The molecule has 0 aromatic carbocycles. The van der Waals surface area contributed by atoms with Crippen LogP contribution in [-0.4, -0.2) is 20.1 Å². The number of aliphatic imine (C=N–C) groups is 1. The molecule has 74 valence electrons. The van der Waals surface area contributed by atoms with Gasteiger partial charge in [-0.25, -0.2) is 0 Å². The lowest BCUT2D eigenvalue weighted by Crippen LogP contribution is -2.08. The van der Waals surface area contributed by atoms with Crippen LogP contribution in [0.3, 0.4) is 0 Å². The Labute approximate surface area is 85.4 Å². The third-order valence-corrected chi connectivity index (χ3v) is 1.82. The van der Waals surface area contributed by atoms with Crippen molar-refractivity contribution >= 4 is 13.1 Å². The topological polar surface area (TPSA) is 41.8 Å². The molecule has 14 heavy (non-hydrogen) atoms. The first kappa shape index (κ1) is 12.6. The first-order valence-electron chi connectivity index (χ1n) is 4.44. The Kier molecular flexibility index (Phi) is 6.28. The van der Waals surface area contributed by atoms with E-state index in [1.807, 2.05) is 19.1 Å². The molecule has 0 aliphatic carbocycles. The molecule has 3 nitrogen and oxygen atoms in total. The Morgan fingerprint density at radius 2 is 2.14 bits per heavy atom. The van der Waals surface area contributed by atoms with Crippen molar-refractivity contribution in [2.24, 2.45) is 10.1 Å². The number of nitrogens with zero attached hydrogens (tertiary/aromatic N) is 2. The predicted molar refractivity (Wildman–Crippen MR) is 63.9 cm³/mol. The maximum absolute atomic E-state index is 10.4. The van der Waals surface area contributed by atoms with Crippen LogP contribution in [0.4, 0.5) is 0 Å². The van der Waals surface area contributed by atoms with E-state index in [0.717, 1.165) is 11.0 Å².